The van der Waals surface area contributed by atoms with Crippen LogP contribution < -0.4 is 84.5 Å². The van der Waals surface area contributed by atoms with E-state index in [9.17, 15) is 81.1 Å². The number of nitrogens with zero attached hydrogens (tertiary/aromatic N) is 16. The molecule has 1 aliphatic heterocycles. The zero-order chi connectivity index (χ0) is 92.2. The predicted octanol–water partition coefficient (Wildman–Crippen LogP) is 5.76. The van der Waals surface area contributed by atoms with Crippen LogP contribution in [0.3, 0.4) is 0 Å². The van der Waals surface area contributed by atoms with Crippen molar-refractivity contribution in [3.63, 3.8) is 0 Å². The smallest absolute Gasteiger partial charge is 0.346 e. The van der Waals surface area contributed by atoms with E-state index >= 15 is 0 Å². The number of hydrogen-bond acceptors (Lipinski definition) is 29. The van der Waals surface area contributed by atoms with Gasteiger partial charge < -0.3 is 23.7 Å². The molecule has 12 rings (SSSR count). The Morgan fingerprint density at radius 2 is 0.760 bits per heavy atom. The van der Waals surface area contributed by atoms with Gasteiger partial charge in [0.25, 0.3) is 0 Å². The van der Waals surface area contributed by atoms with Crippen LogP contribution in [0.5, 0.6) is 0 Å². The van der Waals surface area contributed by atoms with E-state index in [1.54, 1.807) is 35.3 Å². The number of hydrogen-bond donors (Lipinski definition) is 0. The topological polar surface area (TPSA) is 398 Å². The van der Waals surface area contributed by atoms with Gasteiger partial charge in [-0.2, -0.15) is 0 Å². The van der Waals surface area contributed by atoms with E-state index in [0.29, 0.717) is 149 Å². The zero-order valence-corrected chi connectivity index (χ0v) is 78.8. The summed E-state index contributed by atoms with van der Waals surface area (Å²) in [7, 11) is 3.14. The van der Waals surface area contributed by atoms with Gasteiger partial charge in [-0.3, -0.25) is 38.4 Å². The highest BCUT2D eigenvalue weighted by atomic mass is 32.1. The van der Waals surface area contributed by atoms with Crippen molar-refractivity contribution in [2.45, 2.75) is 225 Å². The lowest BCUT2D eigenvalue weighted by Gasteiger charge is -2.07. The van der Waals surface area contributed by atoms with Gasteiger partial charge in [-0.15, -0.1) is 6.42 Å². The molecular formula is C79H111FN16O21S8. The number of methoxy groups -OCH3 is 2. The molecule has 688 valence electrons. The molecule has 0 saturated carbocycles. The summed E-state index contributed by atoms with van der Waals surface area (Å²) in [6.07, 6.45) is 12.3. The third-order valence-corrected chi connectivity index (χ3v) is 25.6. The molecule has 9 heterocycles. The number of aromatic nitrogens is 16. The van der Waals surface area contributed by atoms with Gasteiger partial charge in [0.15, 0.2) is 0 Å². The Labute approximate surface area is 749 Å². The summed E-state index contributed by atoms with van der Waals surface area (Å²) in [6.45, 7) is 29.5. The van der Waals surface area contributed by atoms with E-state index in [1.807, 2.05) is 105 Å². The Balaban J connectivity index is 0.000000255. The normalized spacial score (nSPS) is 11.9. The molecule has 37 nitrogen and oxygen atoms in total. The van der Waals surface area contributed by atoms with Crippen LogP contribution in [-0.2, 0) is 122 Å². The van der Waals surface area contributed by atoms with Gasteiger partial charge >= 0.3 is 84.5 Å². The molecule has 1 atom stereocenters. The molecule has 1 aliphatic rings. The Bertz CT molecular complexity index is 6080. The third kappa shape index (κ3) is 32.6. The minimum absolute atomic E-state index is 0.0373. The van der Waals surface area contributed by atoms with Crippen LogP contribution in [0.1, 0.15) is 130 Å². The summed E-state index contributed by atoms with van der Waals surface area (Å²) in [4.78, 5) is 184. The molecule has 11 aromatic rings. The Morgan fingerprint density at radius 3 is 1.18 bits per heavy atom. The second-order valence-corrected chi connectivity index (χ2v) is 34.4. The molecule has 0 spiro atoms. The van der Waals surface area contributed by atoms with E-state index in [1.165, 1.54) is 74.3 Å². The highest BCUT2D eigenvalue weighted by Gasteiger charge is 2.21. The number of terminal acetylenes is 1. The van der Waals surface area contributed by atoms with Crippen LogP contribution in [0.25, 0.3) is 5.69 Å². The van der Waals surface area contributed by atoms with Crippen LogP contribution in [0.2, 0.25) is 0 Å². The first kappa shape index (κ1) is 106. The summed E-state index contributed by atoms with van der Waals surface area (Å²) >= 11 is 7.64. The Kier molecular flexibility index (Phi) is 47.7. The molecule has 0 radical (unpaired) electrons. The summed E-state index contributed by atoms with van der Waals surface area (Å²) in [5, 5.41) is 0. The van der Waals surface area contributed by atoms with Crippen molar-refractivity contribution in [1.29, 1.82) is 0 Å². The summed E-state index contributed by atoms with van der Waals surface area (Å²) in [6, 6.07) is 22.7. The van der Waals surface area contributed by atoms with Crippen molar-refractivity contribution in [3.05, 3.63) is 263 Å². The quantitative estimate of drug-likeness (QED) is 0.0336. The summed E-state index contributed by atoms with van der Waals surface area (Å²) < 4.78 is 59.6. The summed E-state index contributed by atoms with van der Waals surface area (Å²) in [5.74, 6) is 1.94. The van der Waals surface area contributed by atoms with Crippen LogP contribution >= 0.6 is 92.3 Å². The molecule has 46 heteroatoms. The van der Waals surface area contributed by atoms with Gasteiger partial charge in [0.05, 0.1) is 64.3 Å². The van der Waals surface area contributed by atoms with Crippen molar-refractivity contribution in [3.8, 4) is 18.0 Å². The molecule has 0 bridgehead atoms. The van der Waals surface area contributed by atoms with E-state index in [-0.39, 0.29) is 110 Å². The third-order valence-electron chi connectivity index (χ3n) is 17.8. The largest absolute Gasteiger partial charge is 0.385 e. The monoisotopic (exact) mass is 1890 g/mol. The van der Waals surface area contributed by atoms with Crippen LogP contribution in [0.15, 0.2) is 156 Å². The molecule has 1 saturated heterocycles. The maximum absolute atomic E-state index is 12.9. The van der Waals surface area contributed by atoms with Crippen molar-refractivity contribution < 1.29 is 28.1 Å². The molecule has 1 unspecified atom stereocenters. The molecule has 0 amide bonds. The standard InChI is InChI=1S/C16H13FN2O2S.C13H16N2O2S.C9H14N2O3S.C9H16N2O3S.C9H12N2O2S.2C8H14N2O3S.C7H12N2O3S/c1-11-2-8-14(9-3-11)19-15(20)18(16(21)22-19)10-12-4-6-13(17)7-5-12;1-2-3-9-15-12(16)14(13(17)18-15)10-11-7-5-4-6-8-11;1-2-11-8(12)10(9(13)15-11)6-7-4-3-5-14-7;1-3-11-8(12)10(9(13)15-11)6-5-7-14-4-2;1-3-5-7-11-8(12)10(6-4-2)9(13)14-11;1-3-10-7(11)9(8(12)14-10)5-4-6-13-2;1-3-10-7(11)9(8(12)14-10)5-6-13-4-2;1-3-9-6(10)8(4-5-12-2)7(11)13-9/h2-9H,10H2,1H3;4-8H,2-3,9-10H2,1H3;7H,2-6H2,1H3;3-7H2,1-2H3;2H,3,5-7H2,1H3;2*3-6H2,1-2H3;3-5H2,1-2H3. The van der Waals surface area contributed by atoms with Crippen molar-refractivity contribution >= 4 is 92.3 Å². The molecule has 0 aliphatic carbocycles. The van der Waals surface area contributed by atoms with Crippen LogP contribution in [0, 0.1) is 25.1 Å². The lowest BCUT2D eigenvalue weighted by atomic mass is 10.2. The second-order valence-electron chi connectivity index (χ2n) is 26.6. The lowest BCUT2D eigenvalue weighted by Crippen LogP contribution is -2.33. The molecule has 0 N–H and O–H groups in total. The van der Waals surface area contributed by atoms with E-state index in [0.717, 1.165) is 158 Å². The average molecular weight is 1900 g/mol. The molecule has 125 heavy (non-hydrogen) atoms. The van der Waals surface area contributed by atoms with Gasteiger partial charge in [-0.1, -0.05) is 92.8 Å². The first-order chi connectivity index (χ1) is 60.0. The number of halogens is 1. The molecule has 3 aromatic carbocycles. The predicted molar refractivity (Wildman–Crippen MR) is 492 cm³/mol. The van der Waals surface area contributed by atoms with Gasteiger partial charge in [0.1, 0.15) is 5.82 Å². The van der Waals surface area contributed by atoms with Gasteiger partial charge in [0.2, 0.25) is 0 Å². The lowest BCUT2D eigenvalue weighted by molar-refractivity contribution is 0.0954. The number of ether oxygens (including phenoxy) is 5. The fourth-order valence-electron chi connectivity index (χ4n) is 11.1. The van der Waals surface area contributed by atoms with Crippen molar-refractivity contribution in [2.24, 2.45) is 0 Å². The minimum Gasteiger partial charge on any atom is -0.385 e. The molecular weight excluding hydrogens is 1780 g/mol. The number of rotatable bonds is 35. The fraction of sp³-hybridized carbons (Fsp3) is 0.544. The number of unbranched alkanes of at least 4 members (excludes halogenated alkanes) is 2. The van der Waals surface area contributed by atoms with Crippen LogP contribution in [0.4, 0.5) is 4.39 Å². The first-order valence-electron chi connectivity index (χ1n) is 40.5. The summed E-state index contributed by atoms with van der Waals surface area (Å²) in [5.41, 5.74) is 1.45. The Hall–Kier alpha value is -9.77. The SMILES string of the molecule is C#CCn1c(=O)sn(CCCC)c1=O.CCCCn1sc(=O)n(Cc2ccccc2)c1=O.CCOCCCn1c(=O)sn(CC)c1=O.CCOCCn1c(=O)sn(CC)c1=O.CCn1sc(=O)n(CC2CCCO2)c1=O.CCn1sc(=O)n(CCCOC)c1=O.CCn1sc(=O)n(CCOC)c1=O.Cc1ccc(-n2sc(=O)n(Cc3ccc(F)cc3)c2=O)cc1. The van der Waals surface area contributed by atoms with Gasteiger partial charge in [0, 0.05) is 198 Å². The number of benzene rings is 3. The van der Waals surface area contributed by atoms with E-state index < -0.39 is 0 Å². The van der Waals surface area contributed by atoms with Crippen molar-refractivity contribution in [1.82, 2.24) is 68.2 Å². The molecule has 1 fully saturated rings. The second kappa shape index (κ2) is 56.3. The highest BCUT2D eigenvalue weighted by molar-refractivity contribution is 7.05. The first-order valence-corrected chi connectivity index (χ1v) is 46.7. The minimum atomic E-state index is -0.386. The number of aryl methyl sites for hydroxylation is 8. The molecule has 8 aromatic heterocycles. The maximum atomic E-state index is 12.9. The van der Waals surface area contributed by atoms with Crippen LogP contribution in [-0.4, -0.2) is 135 Å². The fourth-order valence-corrected chi connectivity index (χ4v) is 17.3. The zero-order valence-electron chi connectivity index (χ0n) is 72.2. The van der Waals surface area contributed by atoms with Gasteiger partial charge in [-0.05, 0) is 129 Å². The maximum Gasteiger partial charge on any atom is 0.346 e. The van der Waals surface area contributed by atoms with E-state index in [4.69, 9.17) is 30.1 Å². The highest BCUT2D eigenvalue weighted by Crippen LogP contribution is 2.14. The van der Waals surface area contributed by atoms with Gasteiger partial charge in [-0.25, -0.2) is 111 Å². The average Bonchev–Trinajstić information content (AvgIpc) is 1.65. The van der Waals surface area contributed by atoms with Crippen molar-refractivity contribution in [2.75, 3.05) is 60.5 Å². The Morgan fingerprint density at radius 1 is 0.392 bits per heavy atom. The van der Waals surface area contributed by atoms with E-state index in [2.05, 4.69) is 12.8 Å².